The largest absolute Gasteiger partial charge is 0.389 e. The Morgan fingerprint density at radius 3 is 2.79 bits per heavy atom. The van der Waals surface area contributed by atoms with Crippen LogP contribution in [-0.4, -0.2) is 37.6 Å². The second kappa shape index (κ2) is 10.9. The number of aryl methyl sites for hydroxylation is 1. The van der Waals surface area contributed by atoms with Crippen LogP contribution in [0.15, 0.2) is 42.5 Å². The highest BCUT2D eigenvalue weighted by Crippen LogP contribution is 2.34. The maximum Gasteiger partial charge on any atom is 0.148 e. The molecule has 6 heteroatoms. The number of unbranched alkanes of at least 4 members (excludes halogenated alkanes) is 3. The fraction of sp³-hybridized carbons (Fsp3) is 0.545. The second-order valence-electron chi connectivity index (χ2n) is 7.72. The molecule has 0 spiro atoms. The van der Waals surface area contributed by atoms with Crippen LogP contribution >= 0.6 is 0 Å². The zero-order valence-corrected chi connectivity index (χ0v) is 16.3. The molecule has 2 N–H and O–H groups in total. The highest BCUT2D eigenvalue weighted by atomic mass is 16.3. The van der Waals surface area contributed by atoms with E-state index in [-0.39, 0.29) is 11.8 Å². The molecular formula is C22H30N4O2. The Morgan fingerprint density at radius 2 is 2.00 bits per heavy atom. The van der Waals surface area contributed by atoms with E-state index in [0.717, 1.165) is 56.3 Å². The van der Waals surface area contributed by atoms with Crippen molar-refractivity contribution < 1.29 is 9.90 Å². The van der Waals surface area contributed by atoms with Crippen molar-refractivity contribution in [3.63, 3.8) is 0 Å². The van der Waals surface area contributed by atoms with Crippen LogP contribution in [0, 0.1) is 11.8 Å². The number of allylic oxidation sites excluding steroid dienone is 1. The molecule has 6 nitrogen and oxygen atoms in total. The van der Waals surface area contributed by atoms with Gasteiger partial charge in [0.2, 0.25) is 0 Å². The molecule has 0 aliphatic heterocycles. The van der Waals surface area contributed by atoms with Crippen LogP contribution in [0.4, 0.5) is 0 Å². The molecule has 1 aromatic carbocycles. The molecule has 1 aliphatic carbocycles. The Balaban J connectivity index is 1.37. The molecule has 0 bridgehead atoms. The van der Waals surface area contributed by atoms with Gasteiger partial charge in [-0.2, -0.15) is 0 Å². The number of aromatic amines is 1. The van der Waals surface area contributed by atoms with Gasteiger partial charge >= 0.3 is 0 Å². The summed E-state index contributed by atoms with van der Waals surface area (Å²) in [7, 11) is 0. The number of aromatic nitrogens is 4. The molecule has 150 valence electrons. The quantitative estimate of drug-likeness (QED) is 0.459. The topological polar surface area (TPSA) is 91.8 Å². The third-order valence-corrected chi connectivity index (χ3v) is 5.59. The molecule has 1 saturated carbocycles. The van der Waals surface area contributed by atoms with Crippen LogP contribution in [0.5, 0.6) is 0 Å². The third kappa shape index (κ3) is 6.37. The number of H-pyrrole nitrogens is 1. The summed E-state index contributed by atoms with van der Waals surface area (Å²) in [6.45, 7) is 0. The number of tetrazole rings is 1. The van der Waals surface area contributed by atoms with E-state index in [1.807, 2.05) is 36.4 Å². The lowest BCUT2D eigenvalue weighted by Crippen LogP contribution is -2.14. The Morgan fingerprint density at radius 1 is 1.18 bits per heavy atom. The summed E-state index contributed by atoms with van der Waals surface area (Å²) in [6, 6.07) is 10.0. The van der Waals surface area contributed by atoms with Crippen LogP contribution in [-0.2, 0) is 17.6 Å². The molecule has 1 aliphatic rings. The Bertz CT molecular complexity index is 730. The number of carbonyl (C=O) groups is 1. The van der Waals surface area contributed by atoms with Crippen molar-refractivity contribution in [3.05, 3.63) is 53.9 Å². The van der Waals surface area contributed by atoms with Crippen molar-refractivity contribution in [1.29, 1.82) is 0 Å². The fourth-order valence-electron chi connectivity index (χ4n) is 4.03. The first kappa shape index (κ1) is 20.4. The van der Waals surface area contributed by atoms with Gasteiger partial charge in [-0.25, -0.2) is 5.10 Å². The van der Waals surface area contributed by atoms with Crippen molar-refractivity contribution >= 4 is 5.78 Å². The van der Waals surface area contributed by atoms with Crippen molar-refractivity contribution in [2.75, 3.05) is 0 Å². The number of rotatable bonds is 11. The lowest BCUT2D eigenvalue weighted by molar-refractivity contribution is -0.121. The molecule has 1 aromatic heterocycles. The number of nitrogens with zero attached hydrogens (tertiary/aromatic N) is 3. The van der Waals surface area contributed by atoms with Crippen molar-refractivity contribution in [3.8, 4) is 0 Å². The number of aliphatic hydroxyl groups excluding tert-OH is 1. The first-order chi connectivity index (χ1) is 13.7. The summed E-state index contributed by atoms with van der Waals surface area (Å²) in [5.41, 5.74) is 1.12. The fourth-order valence-corrected chi connectivity index (χ4v) is 4.03. The van der Waals surface area contributed by atoms with Crippen LogP contribution in [0.3, 0.4) is 0 Å². The SMILES string of the molecule is O=C1CCC(C=CC(O)Cc2ccccc2)C1CCCCCCc1nnn[nH]1. The molecule has 28 heavy (non-hydrogen) atoms. The Kier molecular flexibility index (Phi) is 7.91. The highest BCUT2D eigenvalue weighted by Gasteiger charge is 2.32. The maximum absolute atomic E-state index is 12.3. The normalized spacial score (nSPS) is 20.8. The lowest BCUT2D eigenvalue weighted by atomic mass is 9.89. The molecule has 0 radical (unpaired) electrons. The zero-order chi connectivity index (χ0) is 19.6. The number of nitrogens with one attached hydrogen (secondary N) is 1. The number of Topliss-reactive ketones (excluding diaryl/α,β-unsaturated/α-hetero) is 1. The van der Waals surface area contributed by atoms with Crippen LogP contribution < -0.4 is 0 Å². The lowest BCUT2D eigenvalue weighted by Gasteiger charge is -2.15. The van der Waals surface area contributed by atoms with E-state index in [0.29, 0.717) is 18.6 Å². The van der Waals surface area contributed by atoms with E-state index in [1.165, 1.54) is 0 Å². The average molecular weight is 383 g/mol. The predicted molar refractivity (Wildman–Crippen MR) is 107 cm³/mol. The minimum Gasteiger partial charge on any atom is -0.389 e. The first-order valence-electron chi connectivity index (χ1n) is 10.4. The summed E-state index contributed by atoms with van der Waals surface area (Å²) >= 11 is 0. The third-order valence-electron chi connectivity index (χ3n) is 5.59. The van der Waals surface area contributed by atoms with Crippen LogP contribution in [0.1, 0.15) is 56.3 Å². The van der Waals surface area contributed by atoms with Crippen molar-refractivity contribution in [2.45, 2.75) is 63.9 Å². The van der Waals surface area contributed by atoms with Crippen molar-refractivity contribution in [2.24, 2.45) is 11.8 Å². The zero-order valence-electron chi connectivity index (χ0n) is 16.3. The average Bonchev–Trinajstić information content (AvgIpc) is 3.34. The van der Waals surface area contributed by atoms with E-state index in [1.54, 1.807) is 0 Å². The molecule has 0 saturated heterocycles. The van der Waals surface area contributed by atoms with Gasteiger partial charge in [0.1, 0.15) is 11.6 Å². The van der Waals surface area contributed by atoms with E-state index < -0.39 is 6.10 Å². The van der Waals surface area contributed by atoms with Gasteiger partial charge in [0.25, 0.3) is 0 Å². The maximum atomic E-state index is 12.3. The molecule has 3 unspecified atom stereocenters. The summed E-state index contributed by atoms with van der Waals surface area (Å²) in [6.07, 6.45) is 11.9. The minimum atomic E-state index is -0.496. The Labute approximate surface area is 166 Å². The van der Waals surface area contributed by atoms with Gasteiger partial charge < -0.3 is 5.11 Å². The number of aliphatic hydroxyl groups is 1. The summed E-state index contributed by atoms with van der Waals surface area (Å²) in [5.74, 6) is 1.63. The van der Waals surface area contributed by atoms with Crippen LogP contribution in [0.2, 0.25) is 0 Å². The monoisotopic (exact) mass is 382 g/mol. The number of benzene rings is 1. The molecule has 3 atom stereocenters. The first-order valence-corrected chi connectivity index (χ1v) is 10.4. The molecule has 1 heterocycles. The molecular weight excluding hydrogens is 352 g/mol. The molecule has 1 fully saturated rings. The van der Waals surface area contributed by atoms with E-state index in [9.17, 15) is 9.90 Å². The Hall–Kier alpha value is -2.34. The molecule has 3 rings (SSSR count). The van der Waals surface area contributed by atoms with E-state index in [4.69, 9.17) is 0 Å². The van der Waals surface area contributed by atoms with Gasteiger partial charge in [-0.3, -0.25) is 4.79 Å². The summed E-state index contributed by atoms with van der Waals surface area (Å²) in [4.78, 5) is 12.3. The molecule has 0 amide bonds. The number of carbonyl (C=O) groups excluding carboxylic acids is 1. The highest BCUT2D eigenvalue weighted by molar-refractivity contribution is 5.83. The molecule has 2 aromatic rings. The van der Waals surface area contributed by atoms with Gasteiger partial charge in [-0.15, -0.1) is 5.10 Å². The van der Waals surface area contributed by atoms with Gasteiger partial charge in [-0.05, 0) is 41.2 Å². The van der Waals surface area contributed by atoms with E-state index >= 15 is 0 Å². The summed E-state index contributed by atoms with van der Waals surface area (Å²) < 4.78 is 0. The van der Waals surface area contributed by atoms with Gasteiger partial charge in [-0.1, -0.05) is 61.7 Å². The standard InChI is InChI=1S/C22H30N4O2/c27-19(16-17-8-4-3-5-9-17)14-12-18-13-15-21(28)20(18)10-6-1-2-7-11-22-23-25-26-24-22/h3-5,8-9,12,14,18-20,27H,1-2,6-7,10-11,13,15-16H2,(H,23,24,25,26). The minimum absolute atomic E-state index is 0.124. The number of hydrogen-bond donors (Lipinski definition) is 2. The van der Waals surface area contributed by atoms with Crippen molar-refractivity contribution in [1.82, 2.24) is 20.6 Å². The van der Waals surface area contributed by atoms with Gasteiger partial charge in [0, 0.05) is 25.2 Å². The van der Waals surface area contributed by atoms with E-state index in [2.05, 4.69) is 26.7 Å². The number of ketones is 1. The van der Waals surface area contributed by atoms with Gasteiger partial charge in [0.05, 0.1) is 6.10 Å². The second-order valence-corrected chi connectivity index (χ2v) is 7.72. The smallest absolute Gasteiger partial charge is 0.148 e. The predicted octanol–water partition coefficient (Wildman–Crippen LogP) is 3.45. The number of hydrogen-bond acceptors (Lipinski definition) is 5. The summed E-state index contributed by atoms with van der Waals surface area (Å²) in [5, 5.41) is 24.1. The van der Waals surface area contributed by atoms with Crippen LogP contribution in [0.25, 0.3) is 0 Å². The van der Waals surface area contributed by atoms with Gasteiger partial charge in [0.15, 0.2) is 0 Å².